The van der Waals surface area contributed by atoms with E-state index in [0.29, 0.717) is 42.4 Å². The molecule has 0 spiro atoms. The molecular weight excluding hydrogens is 497 g/mol. The third-order valence-corrected chi connectivity index (χ3v) is 7.45. The van der Waals surface area contributed by atoms with E-state index in [0.717, 1.165) is 44.6 Å². The van der Waals surface area contributed by atoms with Crippen LogP contribution in [0, 0.1) is 5.41 Å². The molecule has 0 atom stereocenters. The van der Waals surface area contributed by atoms with Crippen LogP contribution in [-0.4, -0.2) is 82.9 Å². The lowest BCUT2D eigenvalue weighted by molar-refractivity contribution is -0.140. The minimum Gasteiger partial charge on any atom is -0.398 e. The number of carbonyl (C=O) groups is 1. The number of hydrogen-bond donors (Lipinski definition) is 4. The van der Waals surface area contributed by atoms with E-state index in [1.54, 1.807) is 12.1 Å². The molecule has 0 bridgehead atoms. The number of aryl methyl sites for hydroxylation is 1. The Morgan fingerprint density at radius 1 is 1.16 bits per heavy atom. The first-order valence-corrected chi connectivity index (χ1v) is 12.8. The predicted octanol–water partition coefficient (Wildman–Crippen LogP) is 2.84. The van der Waals surface area contributed by atoms with Crippen molar-refractivity contribution in [3.8, 4) is 11.3 Å². The smallest absolute Gasteiger partial charge is 0.398 e. The molecule has 3 aromatic rings. The van der Waals surface area contributed by atoms with Gasteiger partial charge in [0, 0.05) is 62.1 Å². The summed E-state index contributed by atoms with van der Waals surface area (Å²) >= 11 is 0. The Labute approximate surface area is 218 Å². The number of pyridine rings is 1. The number of alkyl halides is 3. The Morgan fingerprint density at radius 2 is 1.87 bits per heavy atom. The van der Waals surface area contributed by atoms with E-state index in [-0.39, 0.29) is 28.2 Å². The largest absolute Gasteiger partial charge is 0.435 e. The predicted molar refractivity (Wildman–Crippen MR) is 139 cm³/mol. The number of piperazine rings is 1. The number of H-pyrrole nitrogens is 1. The third kappa shape index (κ3) is 4.97. The minimum atomic E-state index is -4.63. The molecule has 1 aliphatic carbocycles. The number of anilines is 1. The number of aromatic amines is 1. The van der Waals surface area contributed by atoms with Crippen LogP contribution in [0.15, 0.2) is 18.3 Å². The van der Waals surface area contributed by atoms with Crippen LogP contribution in [0.25, 0.3) is 22.2 Å². The Kier molecular flexibility index (Phi) is 7.10. The van der Waals surface area contributed by atoms with Crippen LogP contribution in [0.2, 0.25) is 0 Å². The lowest BCUT2D eigenvalue weighted by atomic mass is 9.84. The summed E-state index contributed by atoms with van der Waals surface area (Å²) in [7, 11) is 2.08. The maximum Gasteiger partial charge on any atom is 0.435 e. The van der Waals surface area contributed by atoms with Gasteiger partial charge in [0.25, 0.3) is 5.91 Å². The first-order valence-electron chi connectivity index (χ1n) is 12.8. The molecule has 1 aliphatic heterocycles. The molecule has 9 nitrogen and oxygen atoms in total. The van der Waals surface area contributed by atoms with Crippen LogP contribution in [-0.2, 0) is 23.8 Å². The Balaban J connectivity index is 1.49. The van der Waals surface area contributed by atoms with Crippen molar-refractivity contribution in [3.05, 3.63) is 40.7 Å². The normalized spacial score (nSPS) is 16.9. The second-order valence-electron chi connectivity index (χ2n) is 9.97. The summed E-state index contributed by atoms with van der Waals surface area (Å²) in [5.74, 6) is -0.541. The minimum absolute atomic E-state index is 0.104. The molecule has 202 valence electrons. The molecule has 5 N–H and O–H groups in total. The molecule has 0 saturated carbocycles. The molecule has 1 amide bonds. The third-order valence-electron chi connectivity index (χ3n) is 7.45. The van der Waals surface area contributed by atoms with Crippen molar-refractivity contribution in [2.75, 3.05) is 52.0 Å². The van der Waals surface area contributed by atoms with Gasteiger partial charge in [-0.05, 0) is 56.0 Å². The number of fused-ring (bicyclic) bond motifs is 3. The zero-order valence-electron chi connectivity index (χ0n) is 21.2. The number of benzene rings is 1. The van der Waals surface area contributed by atoms with Gasteiger partial charge < -0.3 is 16.0 Å². The average Bonchev–Trinajstić information content (AvgIpc) is 3.40. The zero-order valence-corrected chi connectivity index (χ0v) is 21.2. The van der Waals surface area contributed by atoms with Crippen LogP contribution in [0.4, 0.5) is 18.9 Å². The van der Waals surface area contributed by atoms with Gasteiger partial charge in [0.1, 0.15) is 5.71 Å². The number of nitrogen functional groups attached to an aromatic ring is 1. The number of hydrogen-bond acceptors (Lipinski definition) is 7. The monoisotopic (exact) mass is 528 g/mol. The van der Waals surface area contributed by atoms with Crippen molar-refractivity contribution in [1.29, 1.82) is 5.41 Å². The average molecular weight is 529 g/mol. The number of nitrogens with one attached hydrogen (secondary N) is 3. The van der Waals surface area contributed by atoms with Crippen LogP contribution in [0.1, 0.15) is 35.2 Å². The molecule has 5 rings (SSSR count). The number of nitrogens with zero attached hydrogens (tertiary/aromatic N) is 4. The molecular formula is C26H31F3N8O. The number of halogens is 3. The van der Waals surface area contributed by atoms with Gasteiger partial charge in [-0.15, -0.1) is 0 Å². The fourth-order valence-corrected chi connectivity index (χ4v) is 5.42. The van der Waals surface area contributed by atoms with E-state index < -0.39 is 17.8 Å². The van der Waals surface area contributed by atoms with Gasteiger partial charge in [-0.1, -0.05) is 0 Å². The highest BCUT2D eigenvalue weighted by Crippen LogP contribution is 2.41. The summed E-state index contributed by atoms with van der Waals surface area (Å²) < 4.78 is 41.0. The molecule has 38 heavy (non-hydrogen) atoms. The van der Waals surface area contributed by atoms with Gasteiger partial charge in [-0.25, -0.2) is 4.98 Å². The van der Waals surface area contributed by atoms with Gasteiger partial charge in [0.05, 0.1) is 16.8 Å². The second-order valence-corrected chi connectivity index (χ2v) is 9.97. The van der Waals surface area contributed by atoms with Crippen molar-refractivity contribution in [2.45, 2.75) is 31.9 Å². The van der Waals surface area contributed by atoms with Crippen LogP contribution in [0.3, 0.4) is 0 Å². The summed E-state index contributed by atoms with van der Waals surface area (Å²) in [4.78, 5) is 22.2. The number of likely N-dealkylation sites (N-methyl/N-ethyl adjacent to an activating group) is 1. The van der Waals surface area contributed by atoms with E-state index in [2.05, 4.69) is 37.3 Å². The van der Waals surface area contributed by atoms with E-state index in [4.69, 9.17) is 11.1 Å². The highest BCUT2D eigenvalue weighted by molar-refractivity contribution is 6.47. The van der Waals surface area contributed by atoms with Gasteiger partial charge in [-0.3, -0.25) is 20.2 Å². The fraction of sp³-hybridized carbons (Fsp3) is 0.462. The molecule has 12 heteroatoms. The summed E-state index contributed by atoms with van der Waals surface area (Å²) in [5.41, 5.74) is 7.56. The summed E-state index contributed by atoms with van der Waals surface area (Å²) in [6, 6.07) is 3.19. The van der Waals surface area contributed by atoms with Crippen molar-refractivity contribution < 1.29 is 18.0 Å². The van der Waals surface area contributed by atoms with Crippen LogP contribution in [0.5, 0.6) is 0 Å². The molecule has 1 fully saturated rings. The molecule has 0 radical (unpaired) electrons. The van der Waals surface area contributed by atoms with Gasteiger partial charge in [-0.2, -0.15) is 18.3 Å². The number of amides is 1. The van der Waals surface area contributed by atoms with Crippen molar-refractivity contribution in [3.63, 3.8) is 0 Å². The lowest BCUT2D eigenvalue weighted by Crippen LogP contribution is -2.47. The van der Waals surface area contributed by atoms with Crippen LogP contribution >= 0.6 is 0 Å². The van der Waals surface area contributed by atoms with Crippen molar-refractivity contribution in [1.82, 2.24) is 30.3 Å². The second kappa shape index (κ2) is 10.3. The molecule has 2 aromatic heterocycles. The molecule has 2 aliphatic rings. The topological polar surface area (TPSA) is 127 Å². The van der Waals surface area contributed by atoms with Crippen LogP contribution < -0.4 is 11.1 Å². The van der Waals surface area contributed by atoms with Crippen molar-refractivity contribution >= 4 is 28.2 Å². The number of aromatic nitrogens is 3. The zero-order chi connectivity index (χ0) is 27.0. The first kappa shape index (κ1) is 26.1. The maximum absolute atomic E-state index is 13.7. The quantitative estimate of drug-likeness (QED) is 0.288. The van der Waals surface area contributed by atoms with E-state index in [1.807, 2.05) is 0 Å². The van der Waals surface area contributed by atoms with Crippen molar-refractivity contribution in [2.24, 2.45) is 0 Å². The first-order chi connectivity index (χ1) is 18.1. The highest BCUT2D eigenvalue weighted by atomic mass is 19.4. The Bertz CT molecular complexity index is 1380. The fourth-order valence-electron chi connectivity index (χ4n) is 5.42. The maximum atomic E-state index is 13.7. The number of nitrogens with two attached hydrogens (primary N) is 1. The SMILES string of the molecule is CN1CCN(CCNC(=O)C(=N)c2c(N)ccc3nc(-c4c[nH]nc4C(F)(F)F)c4c(c23)CCCC4)CC1. The summed E-state index contributed by atoms with van der Waals surface area (Å²) in [6.45, 7) is 4.88. The Hall–Kier alpha value is -3.51. The van der Waals surface area contributed by atoms with Gasteiger partial charge in [0.15, 0.2) is 5.69 Å². The van der Waals surface area contributed by atoms with E-state index >= 15 is 0 Å². The van der Waals surface area contributed by atoms with Gasteiger partial charge in [0.2, 0.25) is 0 Å². The standard InChI is InChI=1S/C26H31F3N8O/c1-36-10-12-37(13-11-36)9-8-32-25(38)22(31)21-18(30)6-7-19-20(21)15-4-2-3-5-16(15)23(34-19)17-14-33-35-24(17)26(27,28)29/h6-7,14,31H,2-5,8-13,30H2,1H3,(H,32,38)(H,33,35). The lowest BCUT2D eigenvalue weighted by Gasteiger charge is -2.32. The summed E-state index contributed by atoms with van der Waals surface area (Å²) in [5, 5.41) is 17.9. The summed E-state index contributed by atoms with van der Waals surface area (Å²) in [6.07, 6.45) is -0.648. The van der Waals surface area contributed by atoms with E-state index in [9.17, 15) is 18.0 Å². The highest BCUT2D eigenvalue weighted by Gasteiger charge is 2.38. The number of rotatable bonds is 6. The Morgan fingerprint density at radius 3 is 2.58 bits per heavy atom. The van der Waals surface area contributed by atoms with Gasteiger partial charge >= 0.3 is 6.18 Å². The number of carbonyl (C=O) groups excluding carboxylic acids is 1. The van der Waals surface area contributed by atoms with E-state index in [1.165, 1.54) is 6.20 Å². The molecule has 1 saturated heterocycles. The molecule has 0 unspecified atom stereocenters. The molecule has 3 heterocycles. The molecule has 1 aromatic carbocycles.